The Morgan fingerprint density at radius 1 is 1.25 bits per heavy atom. The lowest BCUT2D eigenvalue weighted by Gasteiger charge is -2.15. The number of aliphatic hydroxyl groups excluding tert-OH is 1. The highest BCUT2D eigenvalue weighted by Gasteiger charge is 2.22. The van der Waals surface area contributed by atoms with E-state index in [9.17, 15) is 5.11 Å². The summed E-state index contributed by atoms with van der Waals surface area (Å²) >= 11 is 6.22. The maximum absolute atomic E-state index is 10.5. The largest absolute Gasteiger partial charge is 0.480 e. The van der Waals surface area contributed by atoms with Gasteiger partial charge in [0.1, 0.15) is 11.8 Å². The molecule has 1 atom stereocenters. The molecular weight excluding hydrogens is 280 g/mol. The summed E-state index contributed by atoms with van der Waals surface area (Å²) in [5.41, 5.74) is 1.73. The highest BCUT2D eigenvalue weighted by Crippen LogP contribution is 2.33. The molecule has 0 aliphatic heterocycles. The van der Waals surface area contributed by atoms with E-state index in [-0.39, 0.29) is 5.88 Å². The van der Waals surface area contributed by atoms with E-state index in [1.807, 2.05) is 19.1 Å². The summed E-state index contributed by atoms with van der Waals surface area (Å²) in [7, 11) is 2.94. The molecule has 0 aliphatic carbocycles. The van der Waals surface area contributed by atoms with Gasteiger partial charge in [0.15, 0.2) is 0 Å². The molecule has 0 saturated carbocycles. The van der Waals surface area contributed by atoms with Gasteiger partial charge in [0.2, 0.25) is 11.8 Å². The number of nitrogens with zero attached hydrogens (tertiary/aromatic N) is 2. The summed E-state index contributed by atoms with van der Waals surface area (Å²) < 4.78 is 10.1. The van der Waals surface area contributed by atoms with Crippen molar-refractivity contribution >= 4 is 11.6 Å². The molecule has 1 N–H and O–H groups in total. The summed E-state index contributed by atoms with van der Waals surface area (Å²) in [4.78, 5) is 8.24. The van der Waals surface area contributed by atoms with Gasteiger partial charge in [-0.15, -0.1) is 0 Å². The van der Waals surface area contributed by atoms with Gasteiger partial charge in [-0.25, -0.2) is 4.98 Å². The zero-order chi connectivity index (χ0) is 14.7. The minimum Gasteiger partial charge on any atom is -0.480 e. The molecule has 0 saturated heterocycles. The summed E-state index contributed by atoms with van der Waals surface area (Å²) in [5, 5.41) is 11.0. The summed E-state index contributed by atoms with van der Waals surface area (Å²) in [6.07, 6.45) is 0.404. The first-order valence-electron chi connectivity index (χ1n) is 5.96. The molecule has 6 heteroatoms. The number of aryl methyl sites for hydroxylation is 1. The fourth-order valence-electron chi connectivity index (χ4n) is 1.83. The lowest BCUT2D eigenvalue weighted by atomic mass is 10.0. The molecule has 106 valence electrons. The van der Waals surface area contributed by atoms with Crippen LogP contribution in [0.15, 0.2) is 24.4 Å². The summed E-state index contributed by atoms with van der Waals surface area (Å²) in [6, 6.07) is 5.43. The van der Waals surface area contributed by atoms with Gasteiger partial charge in [-0.2, -0.15) is 4.98 Å². The minimum absolute atomic E-state index is 0.203. The molecule has 0 amide bonds. The molecule has 2 rings (SSSR count). The predicted octanol–water partition coefficient (Wildman–Crippen LogP) is 2.54. The number of methoxy groups -OCH3 is 2. The third kappa shape index (κ3) is 2.69. The molecule has 0 spiro atoms. The highest BCUT2D eigenvalue weighted by molar-refractivity contribution is 6.32. The zero-order valence-corrected chi connectivity index (χ0v) is 12.2. The highest BCUT2D eigenvalue weighted by atomic mass is 35.5. The fraction of sp³-hybridized carbons (Fsp3) is 0.286. The van der Waals surface area contributed by atoms with Crippen LogP contribution in [0.3, 0.4) is 0 Å². The maximum atomic E-state index is 10.5. The minimum atomic E-state index is -1.02. The van der Waals surface area contributed by atoms with Crippen LogP contribution in [0.5, 0.6) is 11.8 Å². The molecule has 0 fully saturated rings. The number of aromatic nitrogens is 2. The molecule has 5 nitrogen and oxygen atoms in total. The average Bonchev–Trinajstić information content (AvgIpc) is 2.48. The van der Waals surface area contributed by atoms with Crippen molar-refractivity contribution in [3.63, 3.8) is 0 Å². The Labute approximate surface area is 122 Å². The Kier molecular flexibility index (Phi) is 4.42. The first-order valence-corrected chi connectivity index (χ1v) is 6.34. The number of ether oxygens (including phenoxy) is 2. The quantitative estimate of drug-likeness (QED) is 0.939. The van der Waals surface area contributed by atoms with Crippen LogP contribution in [0.4, 0.5) is 0 Å². The van der Waals surface area contributed by atoms with E-state index in [2.05, 4.69) is 9.97 Å². The van der Waals surface area contributed by atoms with Gasteiger partial charge in [-0.1, -0.05) is 29.8 Å². The second kappa shape index (κ2) is 6.07. The van der Waals surface area contributed by atoms with Crippen molar-refractivity contribution in [3.8, 4) is 11.8 Å². The molecular formula is C14H15ClN2O3. The standard InChI is InChI=1S/C14H15ClN2O3/c1-8-5-4-6-9(11(8)15)13(18)12-14(20-3)17-10(19-2)7-16-12/h4-7,13,18H,1-3H3. The number of hydrogen-bond acceptors (Lipinski definition) is 5. The van der Waals surface area contributed by atoms with Gasteiger partial charge in [-0.05, 0) is 12.5 Å². The third-order valence-electron chi connectivity index (χ3n) is 2.92. The summed E-state index contributed by atoms with van der Waals surface area (Å²) in [5.74, 6) is 0.516. The van der Waals surface area contributed by atoms with Crippen LogP contribution in [-0.2, 0) is 0 Å². The van der Waals surface area contributed by atoms with E-state index in [1.54, 1.807) is 6.07 Å². The number of rotatable bonds is 4. The van der Waals surface area contributed by atoms with Gasteiger partial charge in [0.05, 0.1) is 20.4 Å². The van der Waals surface area contributed by atoms with Crippen molar-refractivity contribution in [2.45, 2.75) is 13.0 Å². The van der Waals surface area contributed by atoms with Crippen LogP contribution in [-0.4, -0.2) is 29.3 Å². The van der Waals surface area contributed by atoms with Gasteiger partial charge in [-0.3, -0.25) is 0 Å². The van der Waals surface area contributed by atoms with Crippen LogP contribution in [0, 0.1) is 6.92 Å². The number of aliphatic hydroxyl groups is 1. The molecule has 20 heavy (non-hydrogen) atoms. The second-order valence-electron chi connectivity index (χ2n) is 4.19. The smallest absolute Gasteiger partial charge is 0.241 e. The van der Waals surface area contributed by atoms with Gasteiger partial charge < -0.3 is 14.6 Å². The van der Waals surface area contributed by atoms with Crippen LogP contribution < -0.4 is 9.47 Å². The van der Waals surface area contributed by atoms with Crippen molar-refractivity contribution in [2.24, 2.45) is 0 Å². The van der Waals surface area contributed by atoms with Crippen molar-refractivity contribution in [1.82, 2.24) is 9.97 Å². The Balaban J connectivity index is 2.47. The lowest BCUT2D eigenvalue weighted by molar-refractivity contribution is 0.206. The number of hydrogen-bond donors (Lipinski definition) is 1. The van der Waals surface area contributed by atoms with Crippen molar-refractivity contribution in [2.75, 3.05) is 14.2 Å². The molecule has 1 unspecified atom stereocenters. The molecule has 0 bridgehead atoms. The molecule has 0 aliphatic rings. The monoisotopic (exact) mass is 294 g/mol. The molecule has 1 aromatic carbocycles. The predicted molar refractivity (Wildman–Crippen MR) is 75.4 cm³/mol. The molecule has 0 radical (unpaired) electrons. The van der Waals surface area contributed by atoms with E-state index < -0.39 is 6.10 Å². The van der Waals surface area contributed by atoms with Crippen molar-refractivity contribution in [1.29, 1.82) is 0 Å². The second-order valence-corrected chi connectivity index (χ2v) is 4.57. The van der Waals surface area contributed by atoms with E-state index in [0.29, 0.717) is 22.2 Å². The number of halogens is 1. The van der Waals surface area contributed by atoms with Crippen LogP contribution in [0.2, 0.25) is 5.02 Å². The van der Waals surface area contributed by atoms with Crippen molar-refractivity contribution < 1.29 is 14.6 Å². The number of benzene rings is 1. The zero-order valence-electron chi connectivity index (χ0n) is 11.4. The van der Waals surface area contributed by atoms with E-state index in [1.165, 1.54) is 20.4 Å². The lowest BCUT2D eigenvalue weighted by Crippen LogP contribution is -2.08. The SMILES string of the molecule is COc1cnc(C(O)c2cccc(C)c2Cl)c(OC)n1. The Hall–Kier alpha value is -1.85. The van der Waals surface area contributed by atoms with E-state index in [4.69, 9.17) is 21.1 Å². The van der Waals surface area contributed by atoms with Gasteiger partial charge >= 0.3 is 0 Å². The Morgan fingerprint density at radius 2 is 2.00 bits per heavy atom. The normalized spacial score (nSPS) is 12.1. The maximum Gasteiger partial charge on any atom is 0.241 e. The average molecular weight is 295 g/mol. The van der Waals surface area contributed by atoms with Crippen LogP contribution in [0.1, 0.15) is 22.9 Å². The van der Waals surface area contributed by atoms with Gasteiger partial charge in [0.25, 0.3) is 0 Å². The van der Waals surface area contributed by atoms with Gasteiger partial charge in [0, 0.05) is 10.6 Å². The molecule has 1 heterocycles. The summed E-state index contributed by atoms with van der Waals surface area (Å²) in [6.45, 7) is 1.87. The van der Waals surface area contributed by atoms with Crippen LogP contribution >= 0.6 is 11.6 Å². The topological polar surface area (TPSA) is 64.5 Å². The Morgan fingerprint density at radius 3 is 2.65 bits per heavy atom. The van der Waals surface area contributed by atoms with Crippen LogP contribution in [0.25, 0.3) is 0 Å². The third-order valence-corrected chi connectivity index (χ3v) is 3.44. The fourth-order valence-corrected chi connectivity index (χ4v) is 2.06. The van der Waals surface area contributed by atoms with Crippen molar-refractivity contribution in [3.05, 3.63) is 46.2 Å². The first-order chi connectivity index (χ1) is 9.58. The van der Waals surface area contributed by atoms with E-state index >= 15 is 0 Å². The Bertz CT molecular complexity index is 619. The molecule has 1 aromatic heterocycles. The molecule has 2 aromatic rings. The first kappa shape index (κ1) is 14.6. The van der Waals surface area contributed by atoms with E-state index in [0.717, 1.165) is 5.56 Å².